The Bertz CT molecular complexity index is 386. The molecule has 0 aliphatic heterocycles. The van der Waals surface area contributed by atoms with Gasteiger partial charge < -0.3 is 4.52 Å². The number of carbonyl (C=O) groups excluding carboxylic acids is 1. The van der Waals surface area contributed by atoms with Gasteiger partial charge in [-0.1, -0.05) is 36.0 Å². The van der Waals surface area contributed by atoms with Crippen molar-refractivity contribution in [2.45, 2.75) is 6.92 Å². The maximum Gasteiger partial charge on any atom is 0.199 e. The number of aromatic nitrogens is 1. The van der Waals surface area contributed by atoms with Gasteiger partial charge in [0.2, 0.25) is 0 Å². The van der Waals surface area contributed by atoms with Gasteiger partial charge in [-0.2, -0.15) is 0 Å². The first-order valence-corrected chi connectivity index (χ1v) is 4.18. The molecule has 14 heavy (non-hydrogen) atoms. The van der Waals surface area contributed by atoms with E-state index in [-0.39, 0.29) is 5.76 Å². The van der Waals surface area contributed by atoms with Gasteiger partial charge in [-0.15, -0.1) is 0 Å². The number of rotatable bonds is 4. The quantitative estimate of drug-likeness (QED) is 0.540. The third kappa shape index (κ3) is 2.55. The molecule has 0 saturated carbocycles. The van der Waals surface area contributed by atoms with Crippen molar-refractivity contribution in [3.8, 4) is 0 Å². The monoisotopic (exact) mass is 189 g/mol. The van der Waals surface area contributed by atoms with Crippen molar-refractivity contribution in [1.29, 1.82) is 0 Å². The molecule has 3 heteroatoms. The fourth-order valence-corrected chi connectivity index (χ4v) is 0.864. The molecule has 0 aliphatic rings. The molecule has 0 spiro atoms. The van der Waals surface area contributed by atoms with Gasteiger partial charge >= 0.3 is 0 Å². The van der Waals surface area contributed by atoms with E-state index in [0.29, 0.717) is 17.6 Å². The summed E-state index contributed by atoms with van der Waals surface area (Å²) < 4.78 is 4.71. The van der Waals surface area contributed by atoms with Crippen molar-refractivity contribution in [2.75, 3.05) is 0 Å². The van der Waals surface area contributed by atoms with Crippen LogP contribution in [0.15, 0.2) is 41.5 Å². The van der Waals surface area contributed by atoms with Gasteiger partial charge in [0.05, 0.1) is 0 Å². The first kappa shape index (κ1) is 10.2. The van der Waals surface area contributed by atoms with E-state index >= 15 is 0 Å². The molecule has 0 aliphatic carbocycles. The second-order valence-corrected chi connectivity index (χ2v) is 2.64. The van der Waals surface area contributed by atoms with Crippen LogP contribution in [0.25, 0.3) is 5.57 Å². The molecular weight excluding hydrogens is 178 g/mol. The van der Waals surface area contributed by atoms with Crippen LogP contribution in [0.2, 0.25) is 0 Å². The van der Waals surface area contributed by atoms with Crippen LogP contribution in [0.3, 0.4) is 0 Å². The third-order valence-electron chi connectivity index (χ3n) is 1.57. The molecular formula is C11H11NO2. The zero-order valence-corrected chi connectivity index (χ0v) is 7.93. The molecule has 0 atom stereocenters. The maximum atomic E-state index is 10.3. The minimum absolute atomic E-state index is 0.209. The number of nitrogens with zero attached hydrogens (tertiary/aromatic N) is 1. The van der Waals surface area contributed by atoms with Crippen LogP contribution in [-0.4, -0.2) is 11.4 Å². The summed E-state index contributed by atoms with van der Waals surface area (Å²) in [6, 6.07) is 1.55. The highest BCUT2D eigenvalue weighted by Gasteiger charge is 2.03. The number of allylic oxidation sites excluding steroid dienone is 5. The zero-order valence-electron chi connectivity index (χ0n) is 7.93. The van der Waals surface area contributed by atoms with Crippen LogP contribution in [0, 0.1) is 0 Å². The van der Waals surface area contributed by atoms with Crippen LogP contribution in [0.1, 0.15) is 23.2 Å². The lowest BCUT2D eigenvalue weighted by molar-refractivity contribution is 0.109. The fourth-order valence-electron chi connectivity index (χ4n) is 0.864. The number of hydrogen-bond acceptors (Lipinski definition) is 3. The lowest BCUT2D eigenvalue weighted by Gasteiger charge is -1.88. The zero-order chi connectivity index (χ0) is 10.4. The lowest BCUT2D eigenvalue weighted by atomic mass is 10.2. The molecule has 1 aromatic heterocycles. The second kappa shape index (κ2) is 4.97. The molecule has 0 unspecified atom stereocenters. The summed E-state index contributed by atoms with van der Waals surface area (Å²) >= 11 is 0. The Morgan fingerprint density at radius 2 is 2.36 bits per heavy atom. The predicted molar refractivity (Wildman–Crippen MR) is 54.9 cm³/mol. The first-order valence-electron chi connectivity index (χ1n) is 4.18. The van der Waals surface area contributed by atoms with Crippen molar-refractivity contribution in [2.24, 2.45) is 0 Å². The summed E-state index contributed by atoms with van der Waals surface area (Å²) in [7, 11) is 0. The van der Waals surface area contributed by atoms with E-state index in [9.17, 15) is 4.79 Å². The van der Waals surface area contributed by atoms with E-state index in [0.717, 1.165) is 0 Å². The molecule has 0 amide bonds. The molecule has 0 fully saturated rings. The highest BCUT2D eigenvalue weighted by Crippen LogP contribution is 2.12. The van der Waals surface area contributed by atoms with Crippen LogP contribution in [-0.2, 0) is 0 Å². The van der Waals surface area contributed by atoms with Crippen molar-refractivity contribution >= 4 is 11.9 Å². The predicted octanol–water partition coefficient (Wildman–Crippen LogP) is 2.63. The Hall–Kier alpha value is -1.90. The molecule has 1 rings (SSSR count). The normalized spacial score (nSPS) is 11.2. The third-order valence-corrected chi connectivity index (χ3v) is 1.57. The molecule has 0 radical (unpaired) electrons. The lowest BCUT2D eigenvalue weighted by Crippen LogP contribution is -1.76. The highest BCUT2D eigenvalue weighted by molar-refractivity contribution is 5.75. The van der Waals surface area contributed by atoms with Crippen molar-refractivity contribution in [1.82, 2.24) is 5.16 Å². The van der Waals surface area contributed by atoms with Gasteiger partial charge in [0, 0.05) is 6.07 Å². The van der Waals surface area contributed by atoms with Crippen molar-refractivity contribution in [3.63, 3.8) is 0 Å². The van der Waals surface area contributed by atoms with Crippen molar-refractivity contribution in [3.05, 3.63) is 48.4 Å². The SMILES string of the molecule is C=C(/C=C\C=C/C)c1cc(C=O)on1. The minimum atomic E-state index is 0.209. The maximum absolute atomic E-state index is 10.3. The minimum Gasteiger partial charge on any atom is -0.353 e. The Kier molecular flexibility index (Phi) is 3.61. The molecule has 0 aromatic carbocycles. The molecule has 3 nitrogen and oxygen atoms in total. The first-order chi connectivity index (χ1) is 6.77. The average molecular weight is 189 g/mol. The van der Waals surface area contributed by atoms with Crippen LogP contribution >= 0.6 is 0 Å². The van der Waals surface area contributed by atoms with Crippen LogP contribution < -0.4 is 0 Å². The van der Waals surface area contributed by atoms with Gasteiger partial charge in [-0.25, -0.2) is 0 Å². The summed E-state index contributed by atoms with van der Waals surface area (Å²) in [5.41, 5.74) is 1.29. The highest BCUT2D eigenvalue weighted by atomic mass is 16.5. The molecule has 0 bridgehead atoms. The number of carbonyl (C=O) groups is 1. The Morgan fingerprint density at radius 3 is 2.93 bits per heavy atom. The number of hydrogen-bond donors (Lipinski definition) is 0. The smallest absolute Gasteiger partial charge is 0.199 e. The van der Waals surface area contributed by atoms with Gasteiger partial charge in [0.15, 0.2) is 12.0 Å². The van der Waals surface area contributed by atoms with E-state index in [2.05, 4.69) is 11.7 Å². The molecule has 1 heterocycles. The Balaban J connectivity index is 2.74. The van der Waals surface area contributed by atoms with Crippen LogP contribution in [0.5, 0.6) is 0 Å². The summed E-state index contributed by atoms with van der Waals surface area (Å²) in [5, 5.41) is 3.68. The van der Waals surface area contributed by atoms with E-state index in [1.54, 1.807) is 12.1 Å². The topological polar surface area (TPSA) is 43.1 Å². The van der Waals surface area contributed by atoms with E-state index in [1.807, 2.05) is 25.2 Å². The van der Waals surface area contributed by atoms with Gasteiger partial charge in [0.1, 0.15) is 5.69 Å². The Morgan fingerprint density at radius 1 is 1.57 bits per heavy atom. The van der Waals surface area contributed by atoms with Crippen molar-refractivity contribution < 1.29 is 9.32 Å². The standard InChI is InChI=1S/C11H11NO2/c1-3-4-5-6-9(2)11-7-10(8-13)14-12-11/h3-8H,2H2,1H3/b4-3-,6-5-. The summed E-state index contributed by atoms with van der Waals surface area (Å²) in [5.74, 6) is 0.209. The summed E-state index contributed by atoms with van der Waals surface area (Å²) in [6.07, 6.45) is 8.04. The Labute approximate surface area is 82.4 Å². The molecule has 1 aromatic rings. The molecule has 0 saturated heterocycles. The largest absolute Gasteiger partial charge is 0.353 e. The van der Waals surface area contributed by atoms with Gasteiger partial charge in [0.25, 0.3) is 0 Å². The van der Waals surface area contributed by atoms with Gasteiger partial charge in [-0.05, 0) is 12.5 Å². The fraction of sp³-hybridized carbons (Fsp3) is 0.0909. The van der Waals surface area contributed by atoms with E-state index < -0.39 is 0 Å². The molecule has 72 valence electrons. The summed E-state index contributed by atoms with van der Waals surface area (Å²) in [4.78, 5) is 10.3. The van der Waals surface area contributed by atoms with E-state index in [1.165, 1.54) is 0 Å². The van der Waals surface area contributed by atoms with E-state index in [4.69, 9.17) is 4.52 Å². The number of aldehydes is 1. The van der Waals surface area contributed by atoms with Gasteiger partial charge in [-0.3, -0.25) is 4.79 Å². The average Bonchev–Trinajstić information content (AvgIpc) is 2.66. The summed E-state index contributed by atoms with van der Waals surface area (Å²) in [6.45, 7) is 5.71. The second-order valence-electron chi connectivity index (χ2n) is 2.64. The van der Waals surface area contributed by atoms with Crippen LogP contribution in [0.4, 0.5) is 0 Å². The molecule has 0 N–H and O–H groups in total.